The minimum absolute atomic E-state index is 0.611. The quantitative estimate of drug-likeness (QED) is 0.777. The highest BCUT2D eigenvalue weighted by molar-refractivity contribution is 5.85. The Bertz CT molecular complexity index is 787. The van der Waals surface area contributed by atoms with Gasteiger partial charge < -0.3 is 5.11 Å². The van der Waals surface area contributed by atoms with Crippen LogP contribution in [-0.2, 0) is 0 Å². The number of aromatic nitrogens is 1. The van der Waals surface area contributed by atoms with Crippen LogP contribution < -0.4 is 0 Å². The second-order valence-electron chi connectivity index (χ2n) is 5.76. The van der Waals surface area contributed by atoms with Crippen molar-refractivity contribution in [2.24, 2.45) is 0 Å². The summed E-state index contributed by atoms with van der Waals surface area (Å²) < 4.78 is 0. The number of benzene rings is 2. The predicted molar refractivity (Wildman–Crippen MR) is 84.2 cm³/mol. The third-order valence-corrected chi connectivity index (χ3v) is 4.30. The Morgan fingerprint density at radius 2 is 1.67 bits per heavy atom. The van der Waals surface area contributed by atoms with E-state index in [1.165, 1.54) is 18.4 Å². The first-order chi connectivity index (χ1) is 10.3. The van der Waals surface area contributed by atoms with Gasteiger partial charge >= 0.3 is 0 Å². The summed E-state index contributed by atoms with van der Waals surface area (Å²) in [6.07, 6.45) is 5.49. The summed E-state index contributed by atoms with van der Waals surface area (Å²) in [6, 6.07) is 16.3. The zero-order valence-corrected chi connectivity index (χ0v) is 11.7. The van der Waals surface area contributed by atoms with Gasteiger partial charge in [0.15, 0.2) is 0 Å². The third-order valence-electron chi connectivity index (χ3n) is 4.30. The van der Waals surface area contributed by atoms with E-state index in [0.29, 0.717) is 5.92 Å². The van der Waals surface area contributed by atoms with Crippen molar-refractivity contribution in [3.63, 3.8) is 0 Å². The average molecular weight is 275 g/mol. The number of aliphatic hydroxyl groups is 1. The highest BCUT2D eigenvalue weighted by Gasteiger charge is 2.28. The summed E-state index contributed by atoms with van der Waals surface area (Å²) in [5.41, 5.74) is 3.21. The molecule has 2 heteroatoms. The van der Waals surface area contributed by atoms with Crippen LogP contribution >= 0.6 is 0 Å². The van der Waals surface area contributed by atoms with Crippen molar-refractivity contribution in [3.05, 3.63) is 77.6 Å². The summed E-state index contributed by atoms with van der Waals surface area (Å²) in [5.74, 6) is 0.624. The average Bonchev–Trinajstić information content (AvgIpc) is 3.38. The SMILES string of the molecule is OC(c1ccccc1C1CC1)c1cncc2ccccc12. The predicted octanol–water partition coefficient (Wildman–Crippen LogP) is 4.19. The van der Waals surface area contributed by atoms with Crippen LogP contribution in [0.3, 0.4) is 0 Å². The van der Waals surface area contributed by atoms with Gasteiger partial charge in [-0.05, 0) is 35.3 Å². The largest absolute Gasteiger partial charge is 0.384 e. The van der Waals surface area contributed by atoms with Crippen LogP contribution in [0.15, 0.2) is 60.9 Å². The van der Waals surface area contributed by atoms with Gasteiger partial charge in [0.05, 0.1) is 0 Å². The van der Waals surface area contributed by atoms with Crippen molar-refractivity contribution in [2.75, 3.05) is 0 Å². The molecule has 1 aromatic heterocycles. The molecular formula is C19H17NO. The number of aliphatic hydroxyl groups excluding tert-OH is 1. The third kappa shape index (κ3) is 2.22. The van der Waals surface area contributed by atoms with Crippen LogP contribution in [0.1, 0.15) is 41.6 Å². The molecule has 1 atom stereocenters. The van der Waals surface area contributed by atoms with Crippen LogP contribution in [0.2, 0.25) is 0 Å². The lowest BCUT2D eigenvalue weighted by atomic mass is 9.93. The fourth-order valence-corrected chi connectivity index (χ4v) is 3.05. The van der Waals surface area contributed by atoms with Crippen LogP contribution in [0, 0.1) is 0 Å². The molecule has 0 aliphatic heterocycles. The standard InChI is InChI=1S/C19H17NO/c21-19(17-8-4-3-6-15(17)13-9-10-13)18-12-20-11-14-5-1-2-7-16(14)18/h1-8,11-13,19,21H,9-10H2. The van der Waals surface area contributed by atoms with Crippen molar-refractivity contribution in [1.82, 2.24) is 4.98 Å². The second-order valence-corrected chi connectivity index (χ2v) is 5.76. The van der Waals surface area contributed by atoms with Gasteiger partial charge in [0.25, 0.3) is 0 Å². The molecule has 0 spiro atoms. The van der Waals surface area contributed by atoms with E-state index in [1.54, 1.807) is 6.20 Å². The van der Waals surface area contributed by atoms with E-state index in [-0.39, 0.29) is 0 Å². The van der Waals surface area contributed by atoms with E-state index in [4.69, 9.17) is 0 Å². The lowest BCUT2D eigenvalue weighted by Crippen LogP contribution is -2.04. The highest BCUT2D eigenvalue weighted by Crippen LogP contribution is 2.44. The molecule has 1 saturated carbocycles. The fourth-order valence-electron chi connectivity index (χ4n) is 3.05. The van der Waals surface area contributed by atoms with Gasteiger partial charge in [-0.1, -0.05) is 48.5 Å². The maximum atomic E-state index is 10.9. The van der Waals surface area contributed by atoms with Crippen molar-refractivity contribution in [1.29, 1.82) is 0 Å². The van der Waals surface area contributed by atoms with Gasteiger partial charge in [-0.2, -0.15) is 0 Å². The van der Waals surface area contributed by atoms with Gasteiger partial charge in [-0.15, -0.1) is 0 Å². The monoisotopic (exact) mass is 275 g/mol. The van der Waals surface area contributed by atoms with Crippen molar-refractivity contribution >= 4 is 10.8 Å². The van der Waals surface area contributed by atoms with E-state index in [1.807, 2.05) is 36.5 Å². The first-order valence-electron chi connectivity index (χ1n) is 7.44. The normalized spacial score (nSPS) is 16.0. The molecule has 1 heterocycles. The molecule has 1 unspecified atom stereocenters. The number of pyridine rings is 1. The molecular weight excluding hydrogens is 258 g/mol. The number of hydrogen-bond acceptors (Lipinski definition) is 2. The zero-order valence-electron chi connectivity index (χ0n) is 11.7. The van der Waals surface area contributed by atoms with Crippen LogP contribution in [-0.4, -0.2) is 10.1 Å². The van der Waals surface area contributed by atoms with Gasteiger partial charge in [-0.25, -0.2) is 0 Å². The summed E-state index contributed by atoms with van der Waals surface area (Å²) >= 11 is 0. The van der Waals surface area contributed by atoms with Crippen LogP contribution in [0.4, 0.5) is 0 Å². The van der Waals surface area contributed by atoms with Crippen molar-refractivity contribution in [2.45, 2.75) is 24.9 Å². The second kappa shape index (κ2) is 4.97. The Kier molecular flexibility index (Phi) is 2.97. The molecule has 0 bridgehead atoms. The number of rotatable bonds is 3. The minimum atomic E-state index is -0.611. The molecule has 1 N–H and O–H groups in total. The molecule has 0 amide bonds. The van der Waals surface area contributed by atoms with Crippen LogP contribution in [0.5, 0.6) is 0 Å². The molecule has 3 aromatic rings. The molecule has 104 valence electrons. The Morgan fingerprint density at radius 1 is 0.905 bits per heavy atom. The minimum Gasteiger partial charge on any atom is -0.384 e. The molecule has 21 heavy (non-hydrogen) atoms. The molecule has 1 aliphatic rings. The maximum absolute atomic E-state index is 10.9. The first-order valence-corrected chi connectivity index (χ1v) is 7.44. The summed E-state index contributed by atoms with van der Waals surface area (Å²) in [7, 11) is 0. The first kappa shape index (κ1) is 12.5. The molecule has 1 aliphatic carbocycles. The number of hydrogen-bond donors (Lipinski definition) is 1. The van der Waals surface area contributed by atoms with Gasteiger partial charge in [0.1, 0.15) is 6.10 Å². The topological polar surface area (TPSA) is 33.1 Å². The van der Waals surface area contributed by atoms with E-state index in [2.05, 4.69) is 23.2 Å². The zero-order chi connectivity index (χ0) is 14.2. The summed E-state index contributed by atoms with van der Waals surface area (Å²) in [4.78, 5) is 4.29. The molecule has 0 radical (unpaired) electrons. The summed E-state index contributed by atoms with van der Waals surface area (Å²) in [6.45, 7) is 0. The lowest BCUT2D eigenvalue weighted by Gasteiger charge is -2.17. The Balaban J connectivity index is 1.85. The number of nitrogens with zero attached hydrogens (tertiary/aromatic N) is 1. The van der Waals surface area contributed by atoms with Crippen molar-refractivity contribution < 1.29 is 5.11 Å². The maximum Gasteiger partial charge on any atom is 0.106 e. The van der Waals surface area contributed by atoms with E-state index < -0.39 is 6.10 Å². The molecule has 2 aromatic carbocycles. The fraction of sp³-hybridized carbons (Fsp3) is 0.211. The van der Waals surface area contributed by atoms with E-state index >= 15 is 0 Å². The van der Waals surface area contributed by atoms with Gasteiger partial charge in [0.2, 0.25) is 0 Å². The Hall–Kier alpha value is -2.19. The smallest absolute Gasteiger partial charge is 0.106 e. The highest BCUT2D eigenvalue weighted by atomic mass is 16.3. The molecule has 1 fully saturated rings. The number of fused-ring (bicyclic) bond motifs is 1. The van der Waals surface area contributed by atoms with E-state index in [0.717, 1.165) is 21.9 Å². The Morgan fingerprint density at radius 3 is 2.52 bits per heavy atom. The molecule has 0 saturated heterocycles. The van der Waals surface area contributed by atoms with E-state index in [9.17, 15) is 5.11 Å². The molecule has 4 rings (SSSR count). The van der Waals surface area contributed by atoms with Crippen molar-refractivity contribution in [3.8, 4) is 0 Å². The molecule has 2 nitrogen and oxygen atoms in total. The lowest BCUT2D eigenvalue weighted by molar-refractivity contribution is 0.220. The summed E-state index contributed by atoms with van der Waals surface area (Å²) in [5, 5.41) is 13.0. The Labute approximate surface area is 124 Å². The van der Waals surface area contributed by atoms with Gasteiger partial charge in [0, 0.05) is 23.3 Å². The van der Waals surface area contributed by atoms with Gasteiger partial charge in [-0.3, -0.25) is 4.98 Å². The van der Waals surface area contributed by atoms with Crippen LogP contribution in [0.25, 0.3) is 10.8 Å².